The van der Waals surface area contributed by atoms with Gasteiger partial charge in [0, 0.05) is 25.7 Å². The topological polar surface area (TPSA) is 32.5 Å². The number of nitrogens with two attached hydrogens (primary N) is 1. The Kier molecular flexibility index (Phi) is 7.82. The number of aryl methyl sites for hydroxylation is 1. The highest BCUT2D eigenvalue weighted by molar-refractivity contribution is 5.25. The molecular weight excluding hydrogens is 246 g/mol. The Hall–Kier alpha value is -0.900. The molecule has 0 saturated carbocycles. The second-order valence-electron chi connectivity index (χ2n) is 5.69. The van der Waals surface area contributed by atoms with Crippen LogP contribution in [0.1, 0.15) is 37.4 Å². The zero-order valence-corrected chi connectivity index (χ0v) is 13.6. The third kappa shape index (κ3) is 5.23. The van der Waals surface area contributed by atoms with Gasteiger partial charge >= 0.3 is 0 Å². The van der Waals surface area contributed by atoms with E-state index in [0.29, 0.717) is 12.6 Å². The van der Waals surface area contributed by atoms with E-state index in [-0.39, 0.29) is 0 Å². The van der Waals surface area contributed by atoms with Crippen LogP contribution in [0.15, 0.2) is 24.3 Å². The molecule has 0 aliphatic carbocycles. The maximum absolute atomic E-state index is 6.06. The van der Waals surface area contributed by atoms with Crippen LogP contribution in [-0.4, -0.2) is 50.1 Å². The predicted molar refractivity (Wildman–Crippen MR) is 88.0 cm³/mol. The van der Waals surface area contributed by atoms with Crippen LogP contribution in [0.3, 0.4) is 0 Å². The molecule has 0 aliphatic rings. The van der Waals surface area contributed by atoms with Crippen molar-refractivity contribution in [1.82, 2.24) is 9.80 Å². The Balaban J connectivity index is 2.81. The highest BCUT2D eigenvalue weighted by atomic mass is 15.2. The van der Waals surface area contributed by atoms with Crippen LogP contribution < -0.4 is 5.73 Å². The molecule has 1 rings (SSSR count). The SMILES string of the molecule is CCCN(CCN(C)C)C(CN)c1ccc(CC)cc1. The normalized spacial score (nSPS) is 13.2. The molecule has 1 unspecified atom stereocenters. The van der Waals surface area contributed by atoms with Gasteiger partial charge in [-0.05, 0) is 44.6 Å². The summed E-state index contributed by atoms with van der Waals surface area (Å²) in [5.74, 6) is 0. The van der Waals surface area contributed by atoms with Gasteiger partial charge in [0.05, 0.1) is 0 Å². The van der Waals surface area contributed by atoms with Crippen LogP contribution in [-0.2, 0) is 6.42 Å². The zero-order valence-electron chi connectivity index (χ0n) is 13.6. The standard InChI is InChI=1S/C17H31N3/c1-5-11-20(13-12-19(3)4)17(14-18)16-9-7-15(6-2)8-10-16/h7-10,17H,5-6,11-14,18H2,1-4H3. The van der Waals surface area contributed by atoms with E-state index in [1.165, 1.54) is 11.1 Å². The van der Waals surface area contributed by atoms with Crippen LogP contribution in [0, 0.1) is 0 Å². The van der Waals surface area contributed by atoms with Crippen molar-refractivity contribution in [3.05, 3.63) is 35.4 Å². The van der Waals surface area contributed by atoms with Crippen LogP contribution in [0.25, 0.3) is 0 Å². The van der Waals surface area contributed by atoms with E-state index in [1.807, 2.05) is 0 Å². The first-order valence-corrected chi connectivity index (χ1v) is 7.80. The second kappa shape index (κ2) is 9.11. The van der Waals surface area contributed by atoms with Crippen molar-refractivity contribution in [2.45, 2.75) is 32.7 Å². The molecule has 20 heavy (non-hydrogen) atoms. The Morgan fingerprint density at radius 1 is 1.00 bits per heavy atom. The Morgan fingerprint density at radius 2 is 1.65 bits per heavy atom. The summed E-state index contributed by atoms with van der Waals surface area (Å²) in [6, 6.07) is 9.28. The maximum atomic E-state index is 6.06. The average Bonchev–Trinajstić information content (AvgIpc) is 2.46. The first-order chi connectivity index (χ1) is 9.62. The van der Waals surface area contributed by atoms with Gasteiger partial charge in [-0.25, -0.2) is 0 Å². The number of nitrogens with zero attached hydrogens (tertiary/aromatic N) is 2. The van der Waals surface area contributed by atoms with E-state index < -0.39 is 0 Å². The van der Waals surface area contributed by atoms with Crippen molar-refractivity contribution in [1.29, 1.82) is 0 Å². The summed E-state index contributed by atoms with van der Waals surface area (Å²) in [7, 11) is 4.25. The number of benzene rings is 1. The van der Waals surface area contributed by atoms with Gasteiger partial charge in [0.25, 0.3) is 0 Å². The molecule has 0 aliphatic heterocycles. The van der Waals surface area contributed by atoms with Gasteiger partial charge < -0.3 is 10.6 Å². The van der Waals surface area contributed by atoms with Gasteiger partial charge in [-0.2, -0.15) is 0 Å². The zero-order chi connectivity index (χ0) is 15.0. The summed E-state index contributed by atoms with van der Waals surface area (Å²) in [6.45, 7) is 8.35. The lowest BCUT2D eigenvalue weighted by Gasteiger charge is -2.32. The first-order valence-electron chi connectivity index (χ1n) is 7.80. The first kappa shape index (κ1) is 17.2. The van der Waals surface area contributed by atoms with E-state index in [2.05, 4.69) is 62.0 Å². The summed E-state index contributed by atoms with van der Waals surface area (Å²) < 4.78 is 0. The van der Waals surface area contributed by atoms with Crippen molar-refractivity contribution in [3.8, 4) is 0 Å². The molecule has 114 valence electrons. The lowest BCUT2D eigenvalue weighted by molar-refractivity contribution is 0.182. The summed E-state index contributed by atoms with van der Waals surface area (Å²) in [6.07, 6.45) is 2.25. The largest absolute Gasteiger partial charge is 0.329 e. The molecule has 3 nitrogen and oxygen atoms in total. The smallest absolute Gasteiger partial charge is 0.0470 e. The van der Waals surface area contributed by atoms with Gasteiger partial charge in [-0.1, -0.05) is 38.1 Å². The molecule has 1 atom stereocenters. The summed E-state index contributed by atoms with van der Waals surface area (Å²) in [4.78, 5) is 4.75. The number of rotatable bonds is 9. The summed E-state index contributed by atoms with van der Waals surface area (Å²) >= 11 is 0. The van der Waals surface area contributed by atoms with E-state index in [4.69, 9.17) is 5.73 Å². The minimum atomic E-state index is 0.334. The minimum absolute atomic E-state index is 0.334. The summed E-state index contributed by atoms with van der Waals surface area (Å²) in [5.41, 5.74) is 8.79. The van der Waals surface area contributed by atoms with Gasteiger partial charge in [0.1, 0.15) is 0 Å². The van der Waals surface area contributed by atoms with Crippen LogP contribution in [0.2, 0.25) is 0 Å². The second-order valence-corrected chi connectivity index (χ2v) is 5.69. The van der Waals surface area contributed by atoms with Gasteiger partial charge in [0.2, 0.25) is 0 Å². The van der Waals surface area contributed by atoms with Gasteiger partial charge in [-0.15, -0.1) is 0 Å². The average molecular weight is 277 g/mol. The Bertz CT molecular complexity index is 359. The predicted octanol–water partition coefficient (Wildman–Crippen LogP) is 2.52. The third-order valence-electron chi connectivity index (χ3n) is 3.78. The van der Waals surface area contributed by atoms with Crippen LogP contribution >= 0.6 is 0 Å². The highest BCUT2D eigenvalue weighted by Gasteiger charge is 2.18. The molecule has 0 fully saturated rings. The number of likely N-dealkylation sites (N-methyl/N-ethyl adjacent to an activating group) is 1. The van der Waals surface area contributed by atoms with E-state index in [9.17, 15) is 0 Å². The van der Waals surface area contributed by atoms with Gasteiger partial charge in [-0.3, -0.25) is 4.90 Å². The Labute approximate surface area is 124 Å². The minimum Gasteiger partial charge on any atom is -0.329 e. The number of hydrogen-bond acceptors (Lipinski definition) is 3. The summed E-state index contributed by atoms with van der Waals surface area (Å²) in [5, 5.41) is 0. The highest BCUT2D eigenvalue weighted by Crippen LogP contribution is 2.20. The van der Waals surface area contributed by atoms with Crippen LogP contribution in [0.5, 0.6) is 0 Å². The van der Waals surface area contributed by atoms with E-state index >= 15 is 0 Å². The lowest BCUT2D eigenvalue weighted by atomic mass is 10.0. The monoisotopic (exact) mass is 277 g/mol. The maximum Gasteiger partial charge on any atom is 0.0470 e. The quantitative estimate of drug-likeness (QED) is 0.753. The fourth-order valence-corrected chi connectivity index (χ4v) is 2.51. The fraction of sp³-hybridized carbons (Fsp3) is 0.647. The molecule has 0 heterocycles. The Morgan fingerprint density at radius 3 is 2.10 bits per heavy atom. The molecule has 1 aromatic rings. The molecule has 3 heteroatoms. The van der Waals surface area contributed by atoms with E-state index in [0.717, 1.165) is 32.5 Å². The molecule has 0 amide bonds. The molecule has 0 radical (unpaired) electrons. The number of hydrogen-bond donors (Lipinski definition) is 1. The molecule has 0 bridgehead atoms. The van der Waals surface area contributed by atoms with E-state index in [1.54, 1.807) is 0 Å². The van der Waals surface area contributed by atoms with Crippen molar-refractivity contribution >= 4 is 0 Å². The lowest BCUT2D eigenvalue weighted by Crippen LogP contribution is -2.38. The molecule has 0 saturated heterocycles. The van der Waals surface area contributed by atoms with Crippen molar-refractivity contribution in [3.63, 3.8) is 0 Å². The van der Waals surface area contributed by atoms with Crippen molar-refractivity contribution in [2.75, 3.05) is 40.3 Å². The van der Waals surface area contributed by atoms with Crippen molar-refractivity contribution < 1.29 is 0 Å². The molecule has 2 N–H and O–H groups in total. The molecular formula is C17H31N3. The molecule has 0 aromatic heterocycles. The molecule has 1 aromatic carbocycles. The van der Waals surface area contributed by atoms with Crippen molar-refractivity contribution in [2.24, 2.45) is 5.73 Å². The van der Waals surface area contributed by atoms with Crippen LogP contribution in [0.4, 0.5) is 0 Å². The fourth-order valence-electron chi connectivity index (χ4n) is 2.51. The molecule has 0 spiro atoms. The third-order valence-corrected chi connectivity index (χ3v) is 3.78. The van der Waals surface area contributed by atoms with Gasteiger partial charge in [0.15, 0.2) is 0 Å².